The van der Waals surface area contributed by atoms with Crippen molar-refractivity contribution in [2.75, 3.05) is 19.5 Å². The molecule has 198 valence electrons. The number of amides is 1. The molecule has 0 bridgehead atoms. The number of allylic oxidation sites excluding steroid dienone is 1. The molecule has 2 heterocycles. The molecule has 1 amide bonds. The molecule has 1 aliphatic heterocycles. The largest absolute Gasteiger partial charge is 0.497 e. The summed E-state index contributed by atoms with van der Waals surface area (Å²) < 4.78 is 15.1. The number of thiazole rings is 1. The van der Waals surface area contributed by atoms with Crippen molar-refractivity contribution in [2.24, 2.45) is 4.99 Å². The predicted octanol–water partition coefficient (Wildman–Crippen LogP) is 5.10. The summed E-state index contributed by atoms with van der Waals surface area (Å²) in [5.74, 6) is 1.07. The Balaban J connectivity index is 1.70. The van der Waals surface area contributed by atoms with E-state index in [0.717, 1.165) is 18.3 Å². The minimum atomic E-state index is -0.670. The van der Waals surface area contributed by atoms with Crippen molar-refractivity contribution in [1.29, 1.82) is 0 Å². The highest BCUT2D eigenvalue weighted by atomic mass is 127. The van der Waals surface area contributed by atoms with Crippen LogP contribution in [0.4, 0.5) is 5.69 Å². The van der Waals surface area contributed by atoms with E-state index in [1.807, 2.05) is 72.8 Å². The van der Waals surface area contributed by atoms with Gasteiger partial charge in [0.1, 0.15) is 11.5 Å². The van der Waals surface area contributed by atoms with Gasteiger partial charge in [-0.1, -0.05) is 41.7 Å². The molecule has 0 saturated heterocycles. The van der Waals surface area contributed by atoms with Crippen molar-refractivity contribution in [1.82, 2.24) is 4.57 Å². The first-order valence-electron chi connectivity index (χ1n) is 11.9. The van der Waals surface area contributed by atoms with Crippen LogP contribution in [0.3, 0.4) is 0 Å². The summed E-state index contributed by atoms with van der Waals surface area (Å²) in [4.78, 5) is 32.9. The van der Waals surface area contributed by atoms with Gasteiger partial charge in [0.05, 0.1) is 39.6 Å². The zero-order chi connectivity index (χ0) is 27.7. The quantitative estimate of drug-likeness (QED) is 0.278. The van der Waals surface area contributed by atoms with Crippen LogP contribution in [0.2, 0.25) is 0 Å². The van der Waals surface area contributed by atoms with Crippen molar-refractivity contribution in [3.05, 3.63) is 116 Å². The van der Waals surface area contributed by atoms with E-state index in [9.17, 15) is 9.59 Å². The molecule has 1 aliphatic rings. The number of halogens is 2. The summed E-state index contributed by atoms with van der Waals surface area (Å²) >= 11 is 5.77. The number of ether oxygens (including phenoxy) is 2. The second-order valence-corrected chi connectivity index (χ2v) is 12.1. The van der Waals surface area contributed by atoms with Gasteiger partial charge >= 0.3 is 0 Å². The number of methoxy groups -OCH3 is 2. The molecule has 0 fully saturated rings. The Hall–Kier alpha value is -2.97. The Morgan fingerprint density at radius 3 is 2.44 bits per heavy atom. The molecule has 0 spiro atoms. The van der Waals surface area contributed by atoms with Crippen molar-refractivity contribution < 1.29 is 14.3 Å². The van der Waals surface area contributed by atoms with Crippen molar-refractivity contribution in [3.8, 4) is 11.5 Å². The molecular weight excluding hydrogens is 740 g/mol. The lowest BCUT2D eigenvalue weighted by atomic mass is 9.95. The average Bonchev–Trinajstić information content (AvgIpc) is 3.22. The summed E-state index contributed by atoms with van der Waals surface area (Å²) in [6, 6.07) is 20.0. The molecule has 0 saturated carbocycles. The summed E-state index contributed by atoms with van der Waals surface area (Å²) in [5.41, 5.74) is 2.97. The number of nitrogens with zero attached hydrogens (tertiary/aromatic N) is 2. The molecule has 4 aromatic rings. The van der Waals surface area contributed by atoms with Gasteiger partial charge in [-0.25, -0.2) is 4.99 Å². The average molecular weight is 763 g/mol. The van der Waals surface area contributed by atoms with Crippen LogP contribution >= 0.6 is 56.5 Å². The number of hydrogen-bond donors (Lipinski definition) is 1. The summed E-state index contributed by atoms with van der Waals surface area (Å²) in [7, 11) is 3.22. The van der Waals surface area contributed by atoms with Crippen LogP contribution < -0.4 is 29.7 Å². The van der Waals surface area contributed by atoms with E-state index in [-0.39, 0.29) is 11.5 Å². The van der Waals surface area contributed by atoms with Crippen molar-refractivity contribution >= 4 is 74.2 Å². The highest BCUT2D eigenvalue weighted by Gasteiger charge is 2.32. The molecule has 1 N–H and O–H groups in total. The van der Waals surface area contributed by atoms with E-state index in [0.29, 0.717) is 37.8 Å². The number of hydrogen-bond acceptors (Lipinski definition) is 6. The maximum Gasteiger partial charge on any atom is 0.271 e. The van der Waals surface area contributed by atoms with Crippen LogP contribution in [-0.2, 0) is 4.79 Å². The summed E-state index contributed by atoms with van der Waals surface area (Å²) in [6.07, 6.45) is 1.83. The second-order valence-electron chi connectivity index (χ2n) is 8.69. The molecular formula is C29H23I2N3O4S. The summed E-state index contributed by atoms with van der Waals surface area (Å²) in [6.45, 7) is 1.80. The van der Waals surface area contributed by atoms with Gasteiger partial charge in [0, 0.05) is 14.8 Å². The number of para-hydroxylation sites is 1. The topological polar surface area (TPSA) is 81.9 Å². The molecule has 0 unspecified atom stereocenters. The smallest absolute Gasteiger partial charge is 0.271 e. The van der Waals surface area contributed by atoms with Crippen molar-refractivity contribution in [3.63, 3.8) is 0 Å². The molecule has 5 rings (SSSR count). The molecule has 3 aromatic carbocycles. The van der Waals surface area contributed by atoms with Gasteiger partial charge < -0.3 is 14.8 Å². The van der Waals surface area contributed by atoms with Crippen LogP contribution in [0.25, 0.3) is 6.08 Å². The lowest BCUT2D eigenvalue weighted by molar-refractivity contribution is -0.113. The zero-order valence-corrected chi connectivity index (χ0v) is 26.3. The number of carbonyl (C=O) groups excluding carboxylic acids is 1. The van der Waals surface area contributed by atoms with Crippen LogP contribution in [-0.4, -0.2) is 24.7 Å². The maximum absolute atomic E-state index is 14.0. The van der Waals surface area contributed by atoms with Gasteiger partial charge in [0.15, 0.2) is 4.80 Å². The van der Waals surface area contributed by atoms with Gasteiger partial charge in [-0.2, -0.15) is 0 Å². The first-order valence-corrected chi connectivity index (χ1v) is 14.8. The van der Waals surface area contributed by atoms with Gasteiger partial charge in [-0.3, -0.25) is 14.2 Å². The van der Waals surface area contributed by atoms with Gasteiger partial charge in [-0.15, -0.1) is 0 Å². The predicted molar refractivity (Wildman–Crippen MR) is 170 cm³/mol. The molecule has 7 nitrogen and oxygen atoms in total. The van der Waals surface area contributed by atoms with Crippen LogP contribution in [0.15, 0.2) is 87.8 Å². The van der Waals surface area contributed by atoms with E-state index in [4.69, 9.17) is 14.5 Å². The Morgan fingerprint density at radius 2 is 1.77 bits per heavy atom. The number of nitrogens with one attached hydrogen (secondary N) is 1. The van der Waals surface area contributed by atoms with Crippen LogP contribution in [0, 0.1) is 7.14 Å². The number of anilines is 1. The molecule has 1 aromatic heterocycles. The summed E-state index contributed by atoms with van der Waals surface area (Å²) in [5, 5.41) is 2.97. The third-order valence-corrected chi connectivity index (χ3v) is 8.66. The fraction of sp³-hybridized carbons (Fsp3) is 0.138. The zero-order valence-electron chi connectivity index (χ0n) is 21.2. The number of rotatable bonds is 6. The standard InChI is InChI=1S/C29H23I2N3O4S/c1-16-24(27(35)33-20-7-5-4-6-8-20)25(17-9-11-21(37-2)12-10-17)34-28(36)23(39-29(34)32-16)14-18-13-19(30)15-22(31)26(18)38-3/h4-15,25H,1-3H3,(H,33,35)/b23-14+/t25-/m0/s1. The number of fused-ring (bicyclic) bond motifs is 1. The normalized spacial score (nSPS) is 15.0. The van der Waals surface area contributed by atoms with E-state index in [1.165, 1.54) is 11.3 Å². The number of aromatic nitrogens is 1. The molecule has 10 heteroatoms. The number of benzene rings is 3. The maximum atomic E-state index is 14.0. The first-order chi connectivity index (χ1) is 18.8. The molecule has 39 heavy (non-hydrogen) atoms. The minimum Gasteiger partial charge on any atom is -0.497 e. The van der Waals surface area contributed by atoms with E-state index in [1.54, 1.807) is 25.7 Å². The van der Waals surface area contributed by atoms with Crippen LogP contribution in [0.5, 0.6) is 11.5 Å². The fourth-order valence-electron chi connectivity index (χ4n) is 4.48. The van der Waals surface area contributed by atoms with E-state index < -0.39 is 6.04 Å². The van der Waals surface area contributed by atoms with E-state index >= 15 is 0 Å². The minimum absolute atomic E-state index is 0.229. The van der Waals surface area contributed by atoms with Gasteiger partial charge in [0.25, 0.3) is 11.5 Å². The molecule has 1 atom stereocenters. The van der Waals surface area contributed by atoms with Gasteiger partial charge in [0.2, 0.25) is 0 Å². The molecule has 0 radical (unpaired) electrons. The van der Waals surface area contributed by atoms with Crippen molar-refractivity contribution in [2.45, 2.75) is 13.0 Å². The third kappa shape index (κ3) is 5.54. The highest BCUT2D eigenvalue weighted by Crippen LogP contribution is 2.32. The Labute approximate surface area is 256 Å². The number of carbonyl (C=O) groups is 1. The third-order valence-electron chi connectivity index (χ3n) is 6.26. The Kier molecular flexibility index (Phi) is 8.24. The SMILES string of the molecule is COc1ccc([C@H]2C(C(=O)Nc3ccccc3)=C(C)N=c3s/c(=C/c4cc(I)cc(I)c4OC)c(=O)n32)cc1. The Bertz CT molecular complexity index is 1780. The van der Waals surface area contributed by atoms with Gasteiger partial charge in [-0.05, 0) is 100 Å². The Morgan fingerprint density at radius 1 is 1.05 bits per heavy atom. The fourth-order valence-corrected chi connectivity index (χ4v) is 7.62. The second kappa shape index (κ2) is 11.6. The highest BCUT2D eigenvalue weighted by molar-refractivity contribution is 14.1. The molecule has 0 aliphatic carbocycles. The van der Waals surface area contributed by atoms with E-state index in [2.05, 4.69) is 50.5 Å². The lowest BCUT2D eigenvalue weighted by Gasteiger charge is -2.25. The van der Waals surface area contributed by atoms with Crippen LogP contribution in [0.1, 0.15) is 24.1 Å². The first kappa shape index (κ1) is 27.6. The monoisotopic (exact) mass is 763 g/mol. The lowest BCUT2D eigenvalue weighted by Crippen LogP contribution is -2.40.